The van der Waals surface area contributed by atoms with Crippen LogP contribution >= 0.6 is 37.2 Å². The third kappa shape index (κ3) is 8.15. The molecule has 4 rings (SSSR count). The Bertz CT molecular complexity index is 987. The molecule has 6 N–H and O–H groups in total. The first-order chi connectivity index (χ1) is 15.5. The Hall–Kier alpha value is -2.23. The molecule has 0 radical (unpaired) electrons. The SMILES string of the molecule is Cl.Cl.Cl.N=C(NC(=O)O)C1NCCc2ccc(OCC3CCN(Cc4ccccc4N)CC3)cc21. The van der Waals surface area contributed by atoms with Crippen molar-refractivity contribution in [3.63, 3.8) is 0 Å². The Labute approximate surface area is 224 Å². The second kappa shape index (κ2) is 14.4. The minimum absolute atomic E-state index is 0. The molecule has 2 aromatic carbocycles. The molecule has 2 aliphatic heterocycles. The highest BCUT2D eigenvalue weighted by Crippen LogP contribution is 2.29. The number of ether oxygens (including phenoxy) is 1. The fraction of sp³-hybridized carbons (Fsp3) is 0.417. The molecule has 1 unspecified atom stereocenters. The number of benzene rings is 2. The summed E-state index contributed by atoms with van der Waals surface area (Å²) in [6.07, 6.45) is 1.78. The highest BCUT2D eigenvalue weighted by Gasteiger charge is 2.26. The van der Waals surface area contributed by atoms with Gasteiger partial charge in [0.2, 0.25) is 0 Å². The second-order valence-corrected chi connectivity index (χ2v) is 8.57. The van der Waals surface area contributed by atoms with Crippen LogP contribution in [0.5, 0.6) is 5.75 Å². The third-order valence-electron chi connectivity index (χ3n) is 6.34. The number of anilines is 1. The Kier molecular flexibility index (Phi) is 12.6. The Morgan fingerprint density at radius 2 is 1.89 bits per heavy atom. The summed E-state index contributed by atoms with van der Waals surface area (Å²) in [6, 6.07) is 13.5. The van der Waals surface area contributed by atoms with E-state index >= 15 is 0 Å². The molecule has 2 aromatic rings. The fourth-order valence-corrected chi connectivity index (χ4v) is 4.51. The number of likely N-dealkylation sites (tertiary alicyclic amines) is 1. The molecule has 0 aromatic heterocycles. The summed E-state index contributed by atoms with van der Waals surface area (Å²) in [4.78, 5) is 13.4. The van der Waals surface area contributed by atoms with Crippen LogP contribution in [-0.2, 0) is 13.0 Å². The number of halogens is 3. The normalized spacial score (nSPS) is 17.5. The molecule has 11 heteroatoms. The number of piperidine rings is 1. The predicted octanol–water partition coefficient (Wildman–Crippen LogP) is 4.26. The zero-order valence-corrected chi connectivity index (χ0v) is 21.8. The highest BCUT2D eigenvalue weighted by atomic mass is 35.5. The van der Waals surface area contributed by atoms with Crippen molar-refractivity contribution in [1.82, 2.24) is 15.5 Å². The van der Waals surface area contributed by atoms with Gasteiger partial charge in [-0.05, 0) is 73.2 Å². The van der Waals surface area contributed by atoms with Crippen LogP contribution in [0.2, 0.25) is 0 Å². The molecule has 2 aliphatic rings. The average Bonchev–Trinajstić information content (AvgIpc) is 2.79. The van der Waals surface area contributed by atoms with Crippen LogP contribution in [0.3, 0.4) is 0 Å². The number of fused-ring (bicyclic) bond motifs is 1. The van der Waals surface area contributed by atoms with Crippen molar-refractivity contribution in [3.05, 3.63) is 59.2 Å². The third-order valence-corrected chi connectivity index (χ3v) is 6.34. The number of carboxylic acid groups (broad SMARTS) is 1. The lowest BCUT2D eigenvalue weighted by atomic mass is 9.93. The van der Waals surface area contributed by atoms with Crippen LogP contribution < -0.4 is 21.1 Å². The number of nitrogen functional groups attached to an aromatic ring is 1. The van der Waals surface area contributed by atoms with Crippen molar-refractivity contribution < 1.29 is 14.6 Å². The molecule has 0 aliphatic carbocycles. The Balaban J connectivity index is 0.00000204. The molecular formula is C24H34Cl3N5O3. The first-order valence-electron chi connectivity index (χ1n) is 11.1. The zero-order valence-electron chi connectivity index (χ0n) is 19.4. The van der Waals surface area contributed by atoms with Crippen LogP contribution in [-0.4, -0.2) is 48.2 Å². The van der Waals surface area contributed by atoms with Crippen LogP contribution in [0.4, 0.5) is 10.5 Å². The van der Waals surface area contributed by atoms with Gasteiger partial charge in [-0.2, -0.15) is 0 Å². The first kappa shape index (κ1) is 30.8. The van der Waals surface area contributed by atoms with Gasteiger partial charge >= 0.3 is 6.09 Å². The number of hydrogen-bond donors (Lipinski definition) is 5. The molecular weight excluding hydrogens is 513 g/mol. The lowest BCUT2D eigenvalue weighted by Gasteiger charge is -2.32. The molecule has 0 saturated carbocycles. The van der Waals surface area contributed by atoms with E-state index in [1.807, 2.05) is 36.4 Å². The molecule has 194 valence electrons. The molecule has 2 heterocycles. The van der Waals surface area contributed by atoms with Gasteiger partial charge in [-0.15, -0.1) is 37.2 Å². The predicted molar refractivity (Wildman–Crippen MR) is 146 cm³/mol. The Morgan fingerprint density at radius 3 is 2.57 bits per heavy atom. The number of hydrogen-bond acceptors (Lipinski definition) is 6. The highest BCUT2D eigenvalue weighted by molar-refractivity contribution is 5.97. The van der Waals surface area contributed by atoms with E-state index in [9.17, 15) is 4.79 Å². The number of amidine groups is 1. The minimum atomic E-state index is -1.22. The van der Waals surface area contributed by atoms with Crippen molar-refractivity contribution in [2.45, 2.75) is 31.8 Å². The van der Waals surface area contributed by atoms with Crippen molar-refractivity contribution >= 4 is 54.8 Å². The van der Waals surface area contributed by atoms with Crippen LogP contribution in [0, 0.1) is 11.3 Å². The number of rotatable bonds is 6. The van der Waals surface area contributed by atoms with E-state index in [2.05, 4.69) is 21.6 Å². The molecule has 8 nitrogen and oxygen atoms in total. The van der Waals surface area contributed by atoms with Crippen molar-refractivity contribution in [2.75, 3.05) is 32.0 Å². The lowest BCUT2D eigenvalue weighted by Crippen LogP contribution is -2.42. The smallest absolute Gasteiger partial charge is 0.410 e. The van der Waals surface area contributed by atoms with E-state index in [-0.39, 0.29) is 43.1 Å². The standard InChI is InChI=1S/C24H31N5O3.3ClH/c25-21-4-2-1-3-18(21)14-29-11-8-16(9-12-29)15-32-19-6-5-17-7-10-27-22(20(17)13-19)23(26)28-24(30)31;;;/h1-6,13,16,22,27H,7-12,14-15,25H2,(H2,26,28)(H,30,31);3*1H. The van der Waals surface area contributed by atoms with E-state index in [1.54, 1.807) is 0 Å². The van der Waals surface area contributed by atoms with Crippen LogP contribution in [0.25, 0.3) is 0 Å². The quantitative estimate of drug-likeness (QED) is 0.210. The maximum absolute atomic E-state index is 10.9. The van der Waals surface area contributed by atoms with Gasteiger partial charge in [-0.1, -0.05) is 24.3 Å². The van der Waals surface area contributed by atoms with E-state index in [4.69, 9.17) is 21.0 Å². The number of carbonyl (C=O) groups is 1. The maximum Gasteiger partial charge on any atom is 0.410 e. The summed E-state index contributed by atoms with van der Waals surface area (Å²) in [5, 5.41) is 22.4. The second-order valence-electron chi connectivity index (χ2n) is 8.57. The minimum Gasteiger partial charge on any atom is -0.493 e. The number of amides is 1. The molecule has 0 spiro atoms. The summed E-state index contributed by atoms with van der Waals surface area (Å²) < 4.78 is 6.12. The summed E-state index contributed by atoms with van der Waals surface area (Å²) in [5.41, 5.74) is 10.1. The molecule has 1 saturated heterocycles. The van der Waals surface area contributed by atoms with Crippen LogP contribution in [0.15, 0.2) is 42.5 Å². The summed E-state index contributed by atoms with van der Waals surface area (Å²) in [7, 11) is 0. The Morgan fingerprint density at radius 1 is 1.17 bits per heavy atom. The molecule has 0 bridgehead atoms. The lowest BCUT2D eigenvalue weighted by molar-refractivity contribution is 0.137. The van der Waals surface area contributed by atoms with Gasteiger partial charge in [0.05, 0.1) is 12.6 Å². The van der Waals surface area contributed by atoms with Crippen molar-refractivity contribution in [2.24, 2.45) is 5.92 Å². The van der Waals surface area contributed by atoms with Gasteiger partial charge in [-0.3, -0.25) is 15.6 Å². The van der Waals surface area contributed by atoms with Gasteiger partial charge in [0.25, 0.3) is 0 Å². The average molecular weight is 547 g/mol. The maximum atomic E-state index is 10.9. The van der Waals surface area contributed by atoms with E-state index in [0.717, 1.165) is 61.5 Å². The van der Waals surface area contributed by atoms with E-state index in [1.165, 1.54) is 5.56 Å². The van der Waals surface area contributed by atoms with Crippen molar-refractivity contribution in [3.8, 4) is 5.75 Å². The van der Waals surface area contributed by atoms with E-state index < -0.39 is 12.1 Å². The first-order valence-corrected chi connectivity index (χ1v) is 11.1. The topological polar surface area (TPSA) is 124 Å². The van der Waals surface area contributed by atoms with Gasteiger partial charge in [0, 0.05) is 18.8 Å². The number of para-hydroxylation sites is 1. The fourth-order valence-electron chi connectivity index (χ4n) is 4.51. The van der Waals surface area contributed by atoms with Gasteiger partial charge < -0.3 is 20.9 Å². The summed E-state index contributed by atoms with van der Waals surface area (Å²) in [6.45, 7) is 4.29. The molecule has 1 atom stereocenters. The molecule has 35 heavy (non-hydrogen) atoms. The molecule has 1 fully saturated rings. The number of nitrogens with one attached hydrogen (secondary N) is 3. The van der Waals surface area contributed by atoms with E-state index in [0.29, 0.717) is 19.1 Å². The van der Waals surface area contributed by atoms with Crippen molar-refractivity contribution in [1.29, 1.82) is 5.41 Å². The zero-order chi connectivity index (χ0) is 22.5. The summed E-state index contributed by atoms with van der Waals surface area (Å²) in [5.74, 6) is 1.19. The van der Waals surface area contributed by atoms with Gasteiger partial charge in [0.1, 0.15) is 11.6 Å². The monoisotopic (exact) mass is 545 g/mol. The van der Waals surface area contributed by atoms with Crippen LogP contribution in [0.1, 0.15) is 35.6 Å². The summed E-state index contributed by atoms with van der Waals surface area (Å²) >= 11 is 0. The number of nitrogens with two attached hydrogens (primary N) is 1. The van der Waals surface area contributed by atoms with Gasteiger partial charge in [0.15, 0.2) is 0 Å². The largest absolute Gasteiger partial charge is 0.493 e. The van der Waals surface area contributed by atoms with Gasteiger partial charge in [-0.25, -0.2) is 4.79 Å². The number of nitrogens with zero attached hydrogens (tertiary/aromatic N) is 1. The molecule has 1 amide bonds.